The van der Waals surface area contributed by atoms with Crippen LogP contribution in [0.4, 0.5) is 10.5 Å². The van der Waals surface area contributed by atoms with Crippen molar-refractivity contribution in [1.82, 2.24) is 4.90 Å². The highest BCUT2D eigenvalue weighted by Crippen LogP contribution is 2.21. The zero-order valence-corrected chi connectivity index (χ0v) is 11.4. The number of benzene rings is 1. The first-order chi connectivity index (χ1) is 9.10. The van der Waals surface area contributed by atoms with Gasteiger partial charge in [0.1, 0.15) is 12.6 Å². The largest absolute Gasteiger partial charge is 0.324 e. The monoisotopic (exact) mass is 295 g/mol. The number of hydrogen-bond donors (Lipinski definition) is 1. The summed E-state index contributed by atoms with van der Waals surface area (Å²) in [4.78, 5) is 24.6. The third-order valence-corrected chi connectivity index (χ3v) is 3.76. The molecule has 98 valence electrons. The lowest BCUT2D eigenvalue weighted by molar-refractivity contribution is -0.116. The van der Waals surface area contributed by atoms with Gasteiger partial charge in [0.15, 0.2) is 0 Å². The molecule has 2 rings (SSSR count). The Hall–Kier alpha value is -1.71. The summed E-state index contributed by atoms with van der Waals surface area (Å²) in [6, 6.07) is 6.59. The average Bonchev–Trinajstić information content (AvgIpc) is 2.75. The van der Waals surface area contributed by atoms with Crippen LogP contribution in [-0.4, -0.2) is 34.9 Å². The Morgan fingerprint density at radius 3 is 2.95 bits per heavy atom. The van der Waals surface area contributed by atoms with Gasteiger partial charge in [0.2, 0.25) is 5.91 Å². The average molecular weight is 296 g/mol. The van der Waals surface area contributed by atoms with E-state index in [1.54, 1.807) is 6.07 Å². The number of thioether (sulfide) groups is 1. The second kappa shape index (κ2) is 5.95. The maximum Gasteiger partial charge on any atom is 0.282 e. The maximum absolute atomic E-state index is 11.8. The fraction of sp³-hybridized carbons (Fsp3) is 0.250. The molecule has 5 nitrogen and oxygen atoms in total. The molecule has 1 aliphatic rings. The maximum atomic E-state index is 11.8. The van der Waals surface area contributed by atoms with Crippen molar-refractivity contribution in [2.45, 2.75) is 0 Å². The molecule has 0 aliphatic carbocycles. The highest BCUT2D eigenvalue weighted by atomic mass is 35.5. The number of anilines is 1. The highest BCUT2D eigenvalue weighted by molar-refractivity contribution is 8.13. The molecule has 0 saturated carbocycles. The molecule has 1 fully saturated rings. The van der Waals surface area contributed by atoms with E-state index in [1.165, 1.54) is 28.8 Å². The Bertz CT molecular complexity index is 571. The van der Waals surface area contributed by atoms with E-state index < -0.39 is 0 Å². The molecule has 1 aromatic rings. The van der Waals surface area contributed by atoms with Crippen LogP contribution in [0.2, 0.25) is 5.02 Å². The van der Waals surface area contributed by atoms with E-state index in [1.807, 2.05) is 6.07 Å². The van der Waals surface area contributed by atoms with Gasteiger partial charge in [0.05, 0.1) is 10.6 Å². The van der Waals surface area contributed by atoms with Crippen LogP contribution in [0, 0.1) is 11.3 Å². The quantitative estimate of drug-likeness (QED) is 0.929. The first-order valence-corrected chi connectivity index (χ1v) is 6.87. The molecule has 0 bridgehead atoms. The Labute approximate surface area is 119 Å². The van der Waals surface area contributed by atoms with Crippen LogP contribution in [0.25, 0.3) is 0 Å². The molecule has 0 radical (unpaired) electrons. The number of rotatable bonds is 3. The minimum Gasteiger partial charge on any atom is -0.324 e. The van der Waals surface area contributed by atoms with Crippen molar-refractivity contribution < 1.29 is 9.59 Å². The van der Waals surface area contributed by atoms with Gasteiger partial charge >= 0.3 is 0 Å². The second-order valence-corrected chi connectivity index (χ2v) is 5.34. The Morgan fingerprint density at radius 1 is 1.58 bits per heavy atom. The molecule has 1 saturated heterocycles. The molecular formula is C12H10ClN3O2S. The van der Waals surface area contributed by atoms with Crippen LogP contribution in [-0.2, 0) is 4.79 Å². The lowest BCUT2D eigenvalue weighted by atomic mass is 10.2. The lowest BCUT2D eigenvalue weighted by Crippen LogP contribution is -2.33. The van der Waals surface area contributed by atoms with Gasteiger partial charge in [-0.05, 0) is 18.2 Å². The van der Waals surface area contributed by atoms with Crippen LogP contribution >= 0.6 is 23.4 Å². The van der Waals surface area contributed by atoms with Crippen molar-refractivity contribution >= 4 is 40.2 Å². The second-order valence-electron chi connectivity index (χ2n) is 3.89. The molecule has 0 aromatic heterocycles. The molecule has 2 amide bonds. The predicted octanol–water partition coefficient (Wildman–Crippen LogP) is 2.32. The van der Waals surface area contributed by atoms with Crippen molar-refractivity contribution in [3.8, 4) is 6.07 Å². The number of nitrogens with zero attached hydrogens (tertiary/aromatic N) is 2. The van der Waals surface area contributed by atoms with Gasteiger partial charge in [-0.25, -0.2) is 0 Å². The molecule has 1 aromatic carbocycles. The minimum atomic E-state index is -0.281. The van der Waals surface area contributed by atoms with Crippen LogP contribution in [0.1, 0.15) is 5.56 Å². The molecule has 7 heteroatoms. The number of carbonyl (C=O) groups excluding carboxylic acids is 2. The van der Waals surface area contributed by atoms with Crippen LogP contribution in [0.15, 0.2) is 18.2 Å². The van der Waals surface area contributed by atoms with Gasteiger partial charge in [-0.15, -0.1) is 0 Å². The Balaban J connectivity index is 1.97. The number of halogens is 1. The summed E-state index contributed by atoms with van der Waals surface area (Å²) in [6.45, 7) is 0.620. The fourth-order valence-corrected chi connectivity index (χ4v) is 2.67. The van der Waals surface area contributed by atoms with Crippen molar-refractivity contribution in [3.63, 3.8) is 0 Å². The van der Waals surface area contributed by atoms with E-state index in [2.05, 4.69) is 5.32 Å². The molecule has 0 unspecified atom stereocenters. The molecule has 1 aliphatic heterocycles. The van der Waals surface area contributed by atoms with Gasteiger partial charge in [-0.1, -0.05) is 23.4 Å². The van der Waals surface area contributed by atoms with E-state index in [0.29, 0.717) is 17.8 Å². The summed E-state index contributed by atoms with van der Waals surface area (Å²) >= 11 is 7.08. The fourth-order valence-electron chi connectivity index (χ4n) is 1.63. The first kappa shape index (κ1) is 13.7. The van der Waals surface area contributed by atoms with E-state index in [0.717, 1.165) is 5.75 Å². The SMILES string of the molecule is N#Cc1ccc(NC(=O)CN2CCSC2=O)cc1Cl. The van der Waals surface area contributed by atoms with Crippen LogP contribution < -0.4 is 5.32 Å². The van der Waals surface area contributed by atoms with E-state index in [-0.39, 0.29) is 22.7 Å². The smallest absolute Gasteiger partial charge is 0.282 e. The van der Waals surface area contributed by atoms with Crippen molar-refractivity contribution in [2.75, 3.05) is 24.2 Å². The summed E-state index contributed by atoms with van der Waals surface area (Å²) in [5, 5.41) is 11.6. The normalized spacial score (nSPS) is 14.3. The van der Waals surface area contributed by atoms with Crippen molar-refractivity contribution in [3.05, 3.63) is 28.8 Å². The summed E-state index contributed by atoms with van der Waals surface area (Å²) in [7, 11) is 0. The minimum absolute atomic E-state index is 0.0312. The summed E-state index contributed by atoms with van der Waals surface area (Å²) in [5.74, 6) is 0.436. The van der Waals surface area contributed by atoms with E-state index >= 15 is 0 Å². The molecular weight excluding hydrogens is 286 g/mol. The standard InChI is InChI=1S/C12H10ClN3O2S/c13-10-5-9(2-1-8(10)6-14)15-11(17)7-16-3-4-19-12(16)18/h1-2,5H,3-4,7H2,(H,15,17). The van der Waals surface area contributed by atoms with E-state index in [9.17, 15) is 9.59 Å². The third kappa shape index (κ3) is 3.40. The number of amides is 2. The van der Waals surface area contributed by atoms with Crippen LogP contribution in [0.3, 0.4) is 0 Å². The molecule has 1 heterocycles. The highest BCUT2D eigenvalue weighted by Gasteiger charge is 2.23. The molecule has 0 spiro atoms. The topological polar surface area (TPSA) is 73.2 Å². The van der Waals surface area contributed by atoms with Crippen molar-refractivity contribution in [1.29, 1.82) is 5.26 Å². The first-order valence-electron chi connectivity index (χ1n) is 5.51. The van der Waals surface area contributed by atoms with E-state index in [4.69, 9.17) is 16.9 Å². The lowest BCUT2D eigenvalue weighted by Gasteiger charge is -2.14. The van der Waals surface area contributed by atoms with Gasteiger partial charge < -0.3 is 10.2 Å². The number of hydrogen-bond acceptors (Lipinski definition) is 4. The van der Waals surface area contributed by atoms with Gasteiger partial charge in [0.25, 0.3) is 5.24 Å². The number of nitrogens with one attached hydrogen (secondary N) is 1. The van der Waals surface area contributed by atoms with Crippen LogP contribution in [0.5, 0.6) is 0 Å². The summed E-state index contributed by atoms with van der Waals surface area (Å²) in [6.07, 6.45) is 0. The number of carbonyl (C=O) groups is 2. The molecule has 0 atom stereocenters. The van der Waals surface area contributed by atoms with Crippen molar-refractivity contribution in [2.24, 2.45) is 0 Å². The number of nitriles is 1. The predicted molar refractivity (Wildman–Crippen MR) is 74.2 cm³/mol. The Morgan fingerprint density at radius 2 is 2.37 bits per heavy atom. The van der Waals surface area contributed by atoms with Gasteiger partial charge in [-0.2, -0.15) is 5.26 Å². The Kier molecular flexibility index (Phi) is 4.30. The summed E-state index contributed by atoms with van der Waals surface area (Å²) in [5.41, 5.74) is 0.860. The van der Waals surface area contributed by atoms with Gasteiger partial charge in [0, 0.05) is 18.0 Å². The zero-order chi connectivity index (χ0) is 13.8. The zero-order valence-electron chi connectivity index (χ0n) is 9.85. The summed E-state index contributed by atoms with van der Waals surface area (Å²) < 4.78 is 0. The molecule has 19 heavy (non-hydrogen) atoms. The van der Waals surface area contributed by atoms with Gasteiger partial charge in [-0.3, -0.25) is 9.59 Å². The molecule has 1 N–H and O–H groups in total. The third-order valence-electron chi connectivity index (χ3n) is 2.55.